The molecule has 0 spiro atoms. The molecule has 2 aromatic rings. The number of benzene rings is 1. The highest BCUT2D eigenvalue weighted by Gasteiger charge is 2.07. The molecule has 0 aliphatic carbocycles. The standard InChI is InChI=1S/C11H9BrClN3O/c1-6-4-7(2-3-8(6)12)17-10-9(13)5-15-11(14)16-10/h2-5H,1H3,(H2,14,15,16). The molecule has 2 N–H and O–H groups in total. The SMILES string of the molecule is Cc1cc(Oc2nc(N)ncc2Cl)ccc1Br. The largest absolute Gasteiger partial charge is 0.437 e. The van der Waals surface area contributed by atoms with Crippen LogP contribution in [0.25, 0.3) is 0 Å². The van der Waals surface area contributed by atoms with Gasteiger partial charge in [0, 0.05) is 4.47 Å². The second-order valence-electron chi connectivity index (χ2n) is 3.39. The molecule has 88 valence electrons. The second kappa shape index (κ2) is 4.89. The molecule has 0 aliphatic heterocycles. The number of rotatable bonds is 2. The number of nitrogens with zero attached hydrogens (tertiary/aromatic N) is 2. The highest BCUT2D eigenvalue weighted by molar-refractivity contribution is 9.10. The average Bonchev–Trinajstić information content (AvgIpc) is 2.29. The molecule has 0 atom stereocenters. The summed E-state index contributed by atoms with van der Waals surface area (Å²) in [7, 11) is 0. The molecule has 0 unspecified atom stereocenters. The van der Waals surface area contributed by atoms with E-state index in [9.17, 15) is 0 Å². The number of anilines is 1. The van der Waals surface area contributed by atoms with Gasteiger partial charge in [0.1, 0.15) is 10.8 Å². The van der Waals surface area contributed by atoms with Crippen molar-refractivity contribution in [2.75, 3.05) is 5.73 Å². The Hall–Kier alpha value is -1.33. The number of hydrogen-bond donors (Lipinski definition) is 1. The van der Waals surface area contributed by atoms with Gasteiger partial charge in [0.15, 0.2) is 0 Å². The van der Waals surface area contributed by atoms with Crippen molar-refractivity contribution >= 4 is 33.5 Å². The molecule has 0 saturated carbocycles. The summed E-state index contributed by atoms with van der Waals surface area (Å²) in [4.78, 5) is 7.68. The molecule has 0 amide bonds. The summed E-state index contributed by atoms with van der Waals surface area (Å²) in [5, 5.41) is 0.319. The van der Waals surface area contributed by atoms with Crippen molar-refractivity contribution in [3.8, 4) is 11.6 Å². The van der Waals surface area contributed by atoms with Gasteiger partial charge in [-0.1, -0.05) is 27.5 Å². The van der Waals surface area contributed by atoms with Crippen LogP contribution in [0.1, 0.15) is 5.56 Å². The quantitative estimate of drug-likeness (QED) is 0.920. The third-order valence-electron chi connectivity index (χ3n) is 2.07. The monoisotopic (exact) mass is 313 g/mol. The summed E-state index contributed by atoms with van der Waals surface area (Å²) in [6.07, 6.45) is 1.41. The van der Waals surface area contributed by atoms with Crippen molar-refractivity contribution in [3.63, 3.8) is 0 Å². The van der Waals surface area contributed by atoms with Crippen LogP contribution in [0.15, 0.2) is 28.9 Å². The van der Waals surface area contributed by atoms with Gasteiger partial charge < -0.3 is 10.5 Å². The van der Waals surface area contributed by atoms with E-state index in [1.54, 1.807) is 0 Å². The molecule has 2 rings (SSSR count). The van der Waals surface area contributed by atoms with Gasteiger partial charge in [-0.25, -0.2) is 4.98 Å². The zero-order valence-corrected chi connectivity index (χ0v) is 11.3. The summed E-state index contributed by atoms with van der Waals surface area (Å²) < 4.78 is 6.55. The summed E-state index contributed by atoms with van der Waals surface area (Å²) in [6, 6.07) is 5.58. The lowest BCUT2D eigenvalue weighted by Crippen LogP contribution is -1.97. The van der Waals surface area contributed by atoms with Crippen LogP contribution in [0.5, 0.6) is 11.6 Å². The molecule has 0 saturated heterocycles. The fraction of sp³-hybridized carbons (Fsp3) is 0.0909. The van der Waals surface area contributed by atoms with Crippen molar-refractivity contribution in [3.05, 3.63) is 39.5 Å². The van der Waals surface area contributed by atoms with E-state index in [0.29, 0.717) is 10.8 Å². The fourth-order valence-electron chi connectivity index (χ4n) is 1.23. The number of aromatic nitrogens is 2. The van der Waals surface area contributed by atoms with Crippen LogP contribution in [-0.2, 0) is 0 Å². The first-order chi connectivity index (χ1) is 8.06. The van der Waals surface area contributed by atoms with Crippen molar-refractivity contribution in [1.29, 1.82) is 0 Å². The van der Waals surface area contributed by atoms with Gasteiger partial charge >= 0.3 is 0 Å². The highest BCUT2D eigenvalue weighted by atomic mass is 79.9. The lowest BCUT2D eigenvalue weighted by Gasteiger charge is -2.07. The third kappa shape index (κ3) is 2.87. The Morgan fingerprint density at radius 3 is 2.88 bits per heavy atom. The third-order valence-corrected chi connectivity index (χ3v) is 3.22. The number of ether oxygens (including phenoxy) is 1. The minimum absolute atomic E-state index is 0.123. The number of aryl methyl sites for hydroxylation is 1. The first-order valence-electron chi connectivity index (χ1n) is 4.78. The Balaban J connectivity index is 2.31. The Labute approximate surface area is 112 Å². The van der Waals surface area contributed by atoms with Crippen LogP contribution in [0.2, 0.25) is 5.02 Å². The zero-order chi connectivity index (χ0) is 12.4. The van der Waals surface area contributed by atoms with E-state index in [1.807, 2.05) is 25.1 Å². The summed E-state index contributed by atoms with van der Waals surface area (Å²) in [6.45, 7) is 1.97. The van der Waals surface area contributed by atoms with Gasteiger partial charge in [0.25, 0.3) is 0 Å². The lowest BCUT2D eigenvalue weighted by atomic mass is 10.2. The Morgan fingerprint density at radius 1 is 1.41 bits per heavy atom. The van der Waals surface area contributed by atoms with Gasteiger partial charge in [0.2, 0.25) is 11.8 Å². The predicted molar refractivity (Wildman–Crippen MR) is 70.4 cm³/mol. The Morgan fingerprint density at radius 2 is 2.18 bits per heavy atom. The van der Waals surface area contributed by atoms with Crippen LogP contribution in [0.3, 0.4) is 0 Å². The second-order valence-corrected chi connectivity index (χ2v) is 4.66. The maximum absolute atomic E-state index is 5.90. The molecule has 6 heteroatoms. The first kappa shape index (κ1) is 12.1. The Kier molecular flexibility index (Phi) is 3.49. The van der Waals surface area contributed by atoms with E-state index in [4.69, 9.17) is 22.1 Å². The smallest absolute Gasteiger partial charge is 0.243 e. The van der Waals surface area contributed by atoms with Crippen molar-refractivity contribution < 1.29 is 4.74 Å². The topological polar surface area (TPSA) is 61.0 Å². The summed E-state index contributed by atoms with van der Waals surface area (Å²) in [5.74, 6) is 1.02. The van der Waals surface area contributed by atoms with E-state index in [2.05, 4.69) is 25.9 Å². The van der Waals surface area contributed by atoms with Crippen LogP contribution < -0.4 is 10.5 Å². The van der Waals surface area contributed by atoms with Crippen LogP contribution >= 0.6 is 27.5 Å². The highest BCUT2D eigenvalue weighted by Crippen LogP contribution is 2.29. The summed E-state index contributed by atoms with van der Waals surface area (Å²) >= 11 is 9.32. The molecular weight excluding hydrogens is 305 g/mol. The van der Waals surface area contributed by atoms with Gasteiger partial charge in [0.05, 0.1) is 6.20 Å². The van der Waals surface area contributed by atoms with Gasteiger partial charge in [-0.15, -0.1) is 0 Å². The molecule has 1 aromatic heterocycles. The number of nitrogen functional groups attached to an aromatic ring is 1. The van der Waals surface area contributed by atoms with Crippen LogP contribution in [0.4, 0.5) is 5.95 Å². The minimum Gasteiger partial charge on any atom is -0.437 e. The van der Waals surface area contributed by atoms with E-state index in [-0.39, 0.29) is 11.8 Å². The molecule has 4 nitrogen and oxygen atoms in total. The molecule has 0 aliphatic rings. The fourth-order valence-corrected chi connectivity index (χ4v) is 1.60. The number of hydrogen-bond acceptors (Lipinski definition) is 4. The number of nitrogens with two attached hydrogens (primary N) is 1. The molecule has 0 radical (unpaired) electrons. The predicted octanol–water partition coefficient (Wildman–Crippen LogP) is 3.58. The van der Waals surface area contributed by atoms with Crippen molar-refractivity contribution in [2.24, 2.45) is 0 Å². The molecular formula is C11H9BrClN3O. The van der Waals surface area contributed by atoms with Crippen LogP contribution in [-0.4, -0.2) is 9.97 Å². The molecule has 1 heterocycles. The van der Waals surface area contributed by atoms with Gasteiger partial charge in [-0.3, -0.25) is 0 Å². The first-order valence-corrected chi connectivity index (χ1v) is 5.95. The maximum Gasteiger partial charge on any atom is 0.243 e. The maximum atomic E-state index is 5.90. The minimum atomic E-state index is 0.123. The summed E-state index contributed by atoms with van der Waals surface area (Å²) in [5.41, 5.74) is 6.52. The lowest BCUT2D eigenvalue weighted by molar-refractivity contribution is 0.462. The molecule has 0 bridgehead atoms. The van der Waals surface area contributed by atoms with Crippen molar-refractivity contribution in [1.82, 2.24) is 9.97 Å². The zero-order valence-electron chi connectivity index (χ0n) is 8.95. The van der Waals surface area contributed by atoms with E-state index in [0.717, 1.165) is 10.0 Å². The Bertz CT molecular complexity index is 562. The normalized spacial score (nSPS) is 10.3. The van der Waals surface area contributed by atoms with Gasteiger partial charge in [-0.2, -0.15) is 4.98 Å². The van der Waals surface area contributed by atoms with E-state index in [1.165, 1.54) is 6.20 Å². The molecule has 17 heavy (non-hydrogen) atoms. The molecule has 0 fully saturated rings. The van der Waals surface area contributed by atoms with E-state index >= 15 is 0 Å². The van der Waals surface area contributed by atoms with Crippen molar-refractivity contribution in [2.45, 2.75) is 6.92 Å². The average molecular weight is 315 g/mol. The molecule has 1 aromatic carbocycles. The van der Waals surface area contributed by atoms with Crippen LogP contribution in [0, 0.1) is 6.92 Å². The van der Waals surface area contributed by atoms with Gasteiger partial charge in [-0.05, 0) is 30.7 Å². The van der Waals surface area contributed by atoms with E-state index < -0.39 is 0 Å². The number of halogens is 2.